The summed E-state index contributed by atoms with van der Waals surface area (Å²) in [7, 11) is 0. The summed E-state index contributed by atoms with van der Waals surface area (Å²) in [5.74, 6) is -1.05. The third kappa shape index (κ3) is 3.08. The van der Waals surface area contributed by atoms with Crippen LogP contribution in [0.4, 0.5) is 11.4 Å². The monoisotopic (exact) mass is 349 g/mol. The lowest BCUT2D eigenvalue weighted by Gasteiger charge is -2.28. The fourth-order valence-corrected chi connectivity index (χ4v) is 3.49. The SMILES string of the molecule is Cc1nc(-c2ccc(N3CCOCC3)c([N+](=O)[O-])c2)sc1C(=O)O. The Bertz CT molecular complexity index is 798. The lowest BCUT2D eigenvalue weighted by atomic mass is 10.1. The minimum absolute atomic E-state index is 0.0147. The van der Waals surface area contributed by atoms with Gasteiger partial charge in [0.05, 0.1) is 23.8 Å². The second-order valence-corrected chi connectivity index (χ2v) is 6.30. The Morgan fingerprint density at radius 3 is 2.71 bits per heavy atom. The highest BCUT2D eigenvalue weighted by Crippen LogP contribution is 2.35. The van der Waals surface area contributed by atoms with E-state index >= 15 is 0 Å². The van der Waals surface area contributed by atoms with Gasteiger partial charge in [0.15, 0.2) is 0 Å². The van der Waals surface area contributed by atoms with Crippen LogP contribution in [0.5, 0.6) is 0 Å². The number of carbonyl (C=O) groups is 1. The summed E-state index contributed by atoms with van der Waals surface area (Å²) in [5.41, 5.74) is 1.47. The molecule has 0 saturated carbocycles. The van der Waals surface area contributed by atoms with Crippen molar-refractivity contribution in [2.24, 2.45) is 0 Å². The van der Waals surface area contributed by atoms with E-state index in [-0.39, 0.29) is 10.6 Å². The number of carboxylic acids is 1. The topological polar surface area (TPSA) is 106 Å². The fraction of sp³-hybridized carbons (Fsp3) is 0.333. The minimum Gasteiger partial charge on any atom is -0.477 e. The van der Waals surface area contributed by atoms with Gasteiger partial charge in [0.1, 0.15) is 15.6 Å². The van der Waals surface area contributed by atoms with Crippen LogP contribution in [0.15, 0.2) is 18.2 Å². The predicted molar refractivity (Wildman–Crippen MR) is 88.9 cm³/mol. The Morgan fingerprint density at radius 1 is 1.42 bits per heavy atom. The van der Waals surface area contributed by atoms with E-state index in [0.29, 0.717) is 48.3 Å². The lowest BCUT2D eigenvalue weighted by molar-refractivity contribution is -0.384. The van der Waals surface area contributed by atoms with Crippen LogP contribution in [0.3, 0.4) is 0 Å². The Hall–Kier alpha value is -2.52. The first-order valence-electron chi connectivity index (χ1n) is 7.29. The zero-order valence-electron chi connectivity index (χ0n) is 12.9. The molecule has 1 N–H and O–H groups in total. The molecule has 0 amide bonds. The van der Waals surface area contributed by atoms with Crippen molar-refractivity contribution in [1.29, 1.82) is 0 Å². The number of nitrogens with zero attached hydrogens (tertiary/aromatic N) is 3. The quantitative estimate of drug-likeness (QED) is 0.668. The molecule has 1 aromatic carbocycles. The van der Waals surface area contributed by atoms with Crippen molar-refractivity contribution in [3.63, 3.8) is 0 Å². The van der Waals surface area contributed by atoms with Gasteiger partial charge in [-0.3, -0.25) is 10.1 Å². The highest BCUT2D eigenvalue weighted by Gasteiger charge is 2.23. The number of aromatic nitrogens is 1. The van der Waals surface area contributed by atoms with Crippen molar-refractivity contribution in [1.82, 2.24) is 4.98 Å². The van der Waals surface area contributed by atoms with E-state index in [2.05, 4.69) is 4.98 Å². The van der Waals surface area contributed by atoms with Gasteiger partial charge in [0.25, 0.3) is 5.69 Å². The van der Waals surface area contributed by atoms with E-state index in [1.807, 2.05) is 4.90 Å². The molecule has 0 aliphatic carbocycles. The molecule has 0 radical (unpaired) electrons. The van der Waals surface area contributed by atoms with Gasteiger partial charge < -0.3 is 14.7 Å². The van der Waals surface area contributed by atoms with Crippen LogP contribution in [0.2, 0.25) is 0 Å². The summed E-state index contributed by atoms with van der Waals surface area (Å²) in [6, 6.07) is 4.88. The average Bonchev–Trinajstić information content (AvgIpc) is 2.97. The molecule has 2 aromatic rings. The Kier molecular flexibility index (Phi) is 4.45. The zero-order valence-corrected chi connectivity index (χ0v) is 13.7. The molecule has 0 bridgehead atoms. The Balaban J connectivity index is 2.01. The van der Waals surface area contributed by atoms with Crippen molar-refractivity contribution in [3.8, 4) is 10.6 Å². The van der Waals surface area contributed by atoms with Crippen molar-refractivity contribution in [2.45, 2.75) is 6.92 Å². The number of anilines is 1. The number of hydrogen-bond acceptors (Lipinski definition) is 7. The minimum atomic E-state index is -1.05. The zero-order chi connectivity index (χ0) is 17.3. The largest absolute Gasteiger partial charge is 0.477 e. The molecule has 126 valence electrons. The van der Waals surface area contributed by atoms with Crippen molar-refractivity contribution < 1.29 is 19.6 Å². The van der Waals surface area contributed by atoms with Gasteiger partial charge in [-0.15, -0.1) is 11.3 Å². The number of carboxylic acid groups (broad SMARTS) is 1. The molecule has 1 aromatic heterocycles. The van der Waals surface area contributed by atoms with Gasteiger partial charge in [0.2, 0.25) is 0 Å². The first-order chi connectivity index (χ1) is 11.5. The Labute approximate surface area is 141 Å². The molecule has 8 nitrogen and oxygen atoms in total. The summed E-state index contributed by atoms with van der Waals surface area (Å²) < 4.78 is 5.28. The fourth-order valence-electron chi connectivity index (χ4n) is 2.59. The summed E-state index contributed by atoms with van der Waals surface area (Å²) in [5, 5.41) is 21.1. The van der Waals surface area contributed by atoms with E-state index in [1.165, 1.54) is 6.07 Å². The van der Waals surface area contributed by atoms with Crippen LogP contribution in [0, 0.1) is 17.0 Å². The van der Waals surface area contributed by atoms with Gasteiger partial charge in [0, 0.05) is 24.7 Å². The normalized spacial score (nSPS) is 14.6. The highest BCUT2D eigenvalue weighted by atomic mass is 32.1. The predicted octanol–water partition coefficient (Wildman–Crippen LogP) is 2.56. The molecule has 1 aliphatic rings. The molecule has 0 atom stereocenters. The number of aromatic carboxylic acids is 1. The molecular weight excluding hydrogens is 334 g/mol. The number of morpholine rings is 1. The van der Waals surface area contributed by atoms with E-state index < -0.39 is 10.9 Å². The standard InChI is InChI=1S/C15H15N3O5S/c1-9-13(15(19)20)24-14(16-9)10-2-3-11(12(8-10)18(21)22)17-4-6-23-7-5-17/h2-3,8H,4-7H2,1H3,(H,19,20). The van der Waals surface area contributed by atoms with Gasteiger partial charge >= 0.3 is 5.97 Å². The molecule has 1 aliphatic heterocycles. The van der Waals surface area contributed by atoms with Gasteiger partial charge in [-0.2, -0.15) is 0 Å². The van der Waals surface area contributed by atoms with Crippen molar-refractivity contribution in [2.75, 3.05) is 31.2 Å². The first kappa shape index (κ1) is 16.3. The van der Waals surface area contributed by atoms with Gasteiger partial charge in [-0.05, 0) is 19.1 Å². The summed E-state index contributed by atoms with van der Waals surface area (Å²) in [6.45, 7) is 3.87. The van der Waals surface area contributed by atoms with Crippen LogP contribution >= 0.6 is 11.3 Å². The van der Waals surface area contributed by atoms with Crippen molar-refractivity contribution in [3.05, 3.63) is 38.9 Å². The number of ether oxygens (including phenoxy) is 1. The second-order valence-electron chi connectivity index (χ2n) is 5.30. The summed E-state index contributed by atoms with van der Waals surface area (Å²) >= 11 is 1.02. The number of thiazole rings is 1. The average molecular weight is 349 g/mol. The maximum absolute atomic E-state index is 11.5. The number of nitro benzene ring substituents is 1. The third-order valence-corrected chi connectivity index (χ3v) is 4.96. The molecule has 1 saturated heterocycles. The molecule has 24 heavy (non-hydrogen) atoms. The number of nitro groups is 1. The second kappa shape index (κ2) is 6.54. The summed E-state index contributed by atoms with van der Waals surface area (Å²) in [6.07, 6.45) is 0. The maximum atomic E-state index is 11.5. The van der Waals surface area contributed by atoms with Crippen LogP contribution in [-0.4, -0.2) is 47.3 Å². The number of hydrogen-bond donors (Lipinski definition) is 1. The number of aryl methyl sites for hydroxylation is 1. The lowest BCUT2D eigenvalue weighted by Crippen LogP contribution is -2.36. The van der Waals surface area contributed by atoms with Gasteiger partial charge in [-0.1, -0.05) is 0 Å². The van der Waals surface area contributed by atoms with E-state index in [9.17, 15) is 14.9 Å². The third-order valence-electron chi connectivity index (χ3n) is 3.76. The number of benzene rings is 1. The molecular formula is C15H15N3O5S. The van der Waals surface area contributed by atoms with E-state index in [4.69, 9.17) is 9.84 Å². The van der Waals surface area contributed by atoms with Crippen LogP contribution in [0.1, 0.15) is 15.4 Å². The molecule has 3 rings (SSSR count). The molecule has 2 heterocycles. The Morgan fingerprint density at radius 2 is 2.12 bits per heavy atom. The molecule has 0 unspecified atom stereocenters. The molecule has 0 spiro atoms. The van der Waals surface area contributed by atoms with Crippen LogP contribution in [-0.2, 0) is 4.74 Å². The smallest absolute Gasteiger partial charge is 0.347 e. The van der Waals surface area contributed by atoms with Crippen molar-refractivity contribution >= 4 is 28.7 Å². The maximum Gasteiger partial charge on any atom is 0.347 e. The molecule has 1 fully saturated rings. The van der Waals surface area contributed by atoms with E-state index in [0.717, 1.165) is 11.3 Å². The first-order valence-corrected chi connectivity index (χ1v) is 8.11. The van der Waals surface area contributed by atoms with E-state index in [1.54, 1.807) is 19.1 Å². The van der Waals surface area contributed by atoms with Crippen LogP contribution < -0.4 is 4.90 Å². The molecule has 9 heteroatoms. The highest BCUT2D eigenvalue weighted by molar-refractivity contribution is 7.17. The van der Waals surface area contributed by atoms with Crippen LogP contribution in [0.25, 0.3) is 10.6 Å². The summed E-state index contributed by atoms with van der Waals surface area (Å²) in [4.78, 5) is 28.5. The number of rotatable bonds is 4. The van der Waals surface area contributed by atoms with Gasteiger partial charge in [-0.25, -0.2) is 9.78 Å².